The molecule has 0 heterocycles. The Balaban J connectivity index is 2.56. The second-order valence-electron chi connectivity index (χ2n) is 5.19. The average molecular weight is 222 g/mol. The number of rotatable bonds is 5. The summed E-state index contributed by atoms with van der Waals surface area (Å²) in [6.45, 7) is 9.56. The van der Waals surface area contributed by atoms with Gasteiger partial charge in [-0.15, -0.1) is 0 Å². The van der Waals surface area contributed by atoms with Crippen LogP contribution in [0.2, 0.25) is 0 Å². The van der Waals surface area contributed by atoms with Gasteiger partial charge in [-0.2, -0.15) is 0 Å². The zero-order valence-electron chi connectivity index (χ0n) is 10.7. The van der Waals surface area contributed by atoms with Gasteiger partial charge in [0.2, 0.25) is 0 Å². The second kappa shape index (κ2) is 5.46. The predicted molar refractivity (Wildman–Crippen MR) is 66.4 cm³/mol. The first-order valence-electron chi connectivity index (χ1n) is 5.70. The van der Waals surface area contributed by atoms with E-state index in [-0.39, 0.29) is 12.0 Å². The molecular formula is C14H22O2. The summed E-state index contributed by atoms with van der Waals surface area (Å²) in [5, 5.41) is 9.12. The third-order valence-corrected chi connectivity index (χ3v) is 2.81. The molecule has 0 spiro atoms. The number of hydrogen-bond acceptors (Lipinski definition) is 2. The van der Waals surface area contributed by atoms with E-state index in [0.29, 0.717) is 13.2 Å². The maximum atomic E-state index is 9.12. The van der Waals surface area contributed by atoms with Crippen molar-refractivity contribution in [2.75, 3.05) is 13.2 Å². The number of benzene rings is 1. The lowest BCUT2D eigenvalue weighted by Crippen LogP contribution is -2.23. The summed E-state index contributed by atoms with van der Waals surface area (Å²) in [7, 11) is 0. The number of hydrogen-bond donors (Lipinski definition) is 1. The topological polar surface area (TPSA) is 29.5 Å². The van der Waals surface area contributed by atoms with E-state index in [9.17, 15) is 0 Å². The SMILES string of the molecule is Cc1cccc(C)c1COCC(C)(C)CO. The monoisotopic (exact) mass is 222 g/mol. The maximum absolute atomic E-state index is 9.12. The van der Waals surface area contributed by atoms with Gasteiger partial charge in [0.05, 0.1) is 19.8 Å². The summed E-state index contributed by atoms with van der Waals surface area (Å²) < 4.78 is 5.68. The molecule has 2 nitrogen and oxygen atoms in total. The van der Waals surface area contributed by atoms with Gasteiger partial charge in [0.25, 0.3) is 0 Å². The van der Waals surface area contributed by atoms with Crippen molar-refractivity contribution in [3.8, 4) is 0 Å². The van der Waals surface area contributed by atoms with Gasteiger partial charge in [-0.25, -0.2) is 0 Å². The number of ether oxygens (including phenoxy) is 1. The van der Waals surface area contributed by atoms with Crippen LogP contribution < -0.4 is 0 Å². The van der Waals surface area contributed by atoms with Gasteiger partial charge in [-0.1, -0.05) is 32.0 Å². The van der Waals surface area contributed by atoms with Crippen LogP contribution in [0.1, 0.15) is 30.5 Å². The molecule has 1 rings (SSSR count). The molecule has 0 amide bonds. The molecule has 0 aliphatic rings. The molecule has 0 aromatic heterocycles. The van der Waals surface area contributed by atoms with Gasteiger partial charge in [-0.05, 0) is 30.5 Å². The Morgan fingerprint density at radius 1 is 1.19 bits per heavy atom. The summed E-state index contributed by atoms with van der Waals surface area (Å²) >= 11 is 0. The lowest BCUT2D eigenvalue weighted by Gasteiger charge is -2.21. The molecule has 1 aromatic rings. The Morgan fingerprint density at radius 3 is 2.25 bits per heavy atom. The molecule has 16 heavy (non-hydrogen) atoms. The third kappa shape index (κ3) is 3.62. The fourth-order valence-electron chi connectivity index (χ4n) is 1.55. The molecule has 0 fully saturated rings. The van der Waals surface area contributed by atoms with Crippen LogP contribution in [0.25, 0.3) is 0 Å². The lowest BCUT2D eigenvalue weighted by molar-refractivity contribution is 0.0194. The summed E-state index contributed by atoms with van der Waals surface area (Å²) in [6.07, 6.45) is 0. The molecule has 0 saturated carbocycles. The van der Waals surface area contributed by atoms with Crippen LogP contribution in [0, 0.1) is 19.3 Å². The Morgan fingerprint density at radius 2 is 1.75 bits per heavy atom. The highest BCUT2D eigenvalue weighted by Gasteiger charge is 2.16. The van der Waals surface area contributed by atoms with Crippen molar-refractivity contribution >= 4 is 0 Å². The highest BCUT2D eigenvalue weighted by atomic mass is 16.5. The molecule has 1 aromatic carbocycles. The molecule has 1 N–H and O–H groups in total. The molecule has 0 bridgehead atoms. The lowest BCUT2D eigenvalue weighted by atomic mass is 9.96. The third-order valence-electron chi connectivity index (χ3n) is 2.81. The molecule has 0 atom stereocenters. The normalized spacial score (nSPS) is 11.8. The van der Waals surface area contributed by atoms with Crippen molar-refractivity contribution in [1.29, 1.82) is 0 Å². The van der Waals surface area contributed by atoms with E-state index in [2.05, 4.69) is 32.0 Å². The van der Waals surface area contributed by atoms with Gasteiger partial charge in [0.15, 0.2) is 0 Å². The Labute approximate surface area is 98.3 Å². The molecule has 0 saturated heterocycles. The Kier molecular flexibility index (Phi) is 4.51. The van der Waals surface area contributed by atoms with Crippen molar-refractivity contribution in [1.82, 2.24) is 0 Å². The minimum absolute atomic E-state index is 0.153. The minimum Gasteiger partial charge on any atom is -0.396 e. The zero-order chi connectivity index (χ0) is 12.2. The quantitative estimate of drug-likeness (QED) is 0.830. The summed E-state index contributed by atoms with van der Waals surface area (Å²) in [5.74, 6) is 0. The fraction of sp³-hybridized carbons (Fsp3) is 0.571. The van der Waals surface area contributed by atoms with Gasteiger partial charge >= 0.3 is 0 Å². The molecule has 90 valence electrons. The van der Waals surface area contributed by atoms with Crippen molar-refractivity contribution in [2.45, 2.75) is 34.3 Å². The van der Waals surface area contributed by atoms with E-state index in [1.165, 1.54) is 16.7 Å². The molecule has 0 aliphatic heterocycles. The Hall–Kier alpha value is -0.860. The van der Waals surface area contributed by atoms with Gasteiger partial charge in [-0.3, -0.25) is 0 Å². The van der Waals surface area contributed by atoms with E-state index in [1.807, 2.05) is 13.8 Å². The summed E-state index contributed by atoms with van der Waals surface area (Å²) in [5.41, 5.74) is 3.64. The van der Waals surface area contributed by atoms with E-state index in [4.69, 9.17) is 9.84 Å². The van der Waals surface area contributed by atoms with Gasteiger partial charge < -0.3 is 9.84 Å². The molecule has 2 heteroatoms. The van der Waals surface area contributed by atoms with E-state index in [1.54, 1.807) is 0 Å². The van der Waals surface area contributed by atoms with Crippen LogP contribution in [0.5, 0.6) is 0 Å². The average Bonchev–Trinajstić information content (AvgIpc) is 2.22. The second-order valence-corrected chi connectivity index (χ2v) is 5.19. The molecular weight excluding hydrogens is 200 g/mol. The highest BCUT2D eigenvalue weighted by Crippen LogP contribution is 2.18. The van der Waals surface area contributed by atoms with Crippen molar-refractivity contribution in [2.24, 2.45) is 5.41 Å². The minimum atomic E-state index is -0.156. The first-order valence-corrected chi connectivity index (χ1v) is 5.70. The maximum Gasteiger partial charge on any atom is 0.0722 e. The molecule has 0 unspecified atom stereocenters. The van der Waals surface area contributed by atoms with Crippen molar-refractivity contribution in [3.05, 3.63) is 34.9 Å². The largest absolute Gasteiger partial charge is 0.396 e. The molecule has 0 aliphatic carbocycles. The van der Waals surface area contributed by atoms with Crippen molar-refractivity contribution < 1.29 is 9.84 Å². The van der Waals surface area contributed by atoms with Crippen LogP contribution in [0.3, 0.4) is 0 Å². The van der Waals surface area contributed by atoms with Gasteiger partial charge in [0, 0.05) is 5.41 Å². The van der Waals surface area contributed by atoms with Crippen LogP contribution in [0.4, 0.5) is 0 Å². The zero-order valence-corrected chi connectivity index (χ0v) is 10.7. The fourth-order valence-corrected chi connectivity index (χ4v) is 1.55. The number of aliphatic hydroxyl groups excluding tert-OH is 1. The van der Waals surface area contributed by atoms with Crippen LogP contribution >= 0.6 is 0 Å². The first-order chi connectivity index (χ1) is 7.46. The highest BCUT2D eigenvalue weighted by molar-refractivity contribution is 5.32. The smallest absolute Gasteiger partial charge is 0.0722 e. The summed E-state index contributed by atoms with van der Waals surface area (Å²) in [4.78, 5) is 0. The van der Waals surface area contributed by atoms with Crippen LogP contribution in [0.15, 0.2) is 18.2 Å². The van der Waals surface area contributed by atoms with Gasteiger partial charge in [0.1, 0.15) is 0 Å². The van der Waals surface area contributed by atoms with Crippen molar-refractivity contribution in [3.63, 3.8) is 0 Å². The molecule has 0 radical (unpaired) electrons. The Bertz CT molecular complexity index is 322. The van der Waals surface area contributed by atoms with E-state index < -0.39 is 0 Å². The number of aliphatic hydroxyl groups is 1. The van der Waals surface area contributed by atoms with E-state index in [0.717, 1.165) is 0 Å². The van der Waals surface area contributed by atoms with Crippen LogP contribution in [-0.2, 0) is 11.3 Å². The number of aryl methyl sites for hydroxylation is 2. The standard InChI is InChI=1S/C14H22O2/c1-11-6-5-7-12(2)13(11)8-16-10-14(3,4)9-15/h5-7,15H,8-10H2,1-4H3. The summed E-state index contributed by atoms with van der Waals surface area (Å²) in [6, 6.07) is 6.26. The van der Waals surface area contributed by atoms with Crippen LogP contribution in [-0.4, -0.2) is 18.3 Å². The first kappa shape index (κ1) is 13.2. The predicted octanol–water partition coefficient (Wildman–Crippen LogP) is 2.84. The van der Waals surface area contributed by atoms with E-state index >= 15 is 0 Å².